The molecular weight excluding hydrogens is 208 g/mol. The number of para-hydroxylation sites is 1. The Hall–Kier alpha value is -1.02. The number of rotatable bonds is 2. The molecule has 1 fully saturated rings. The first-order chi connectivity index (χ1) is 8.43. The Morgan fingerprint density at radius 2 is 1.88 bits per heavy atom. The summed E-state index contributed by atoms with van der Waals surface area (Å²) in [6, 6.07) is 6.78. The number of nitrogens with one attached hydrogen (secondary N) is 1. The van der Waals surface area contributed by atoms with E-state index < -0.39 is 0 Å². The van der Waals surface area contributed by atoms with Gasteiger partial charge in [0.25, 0.3) is 0 Å². The van der Waals surface area contributed by atoms with Crippen LogP contribution in [-0.4, -0.2) is 24.5 Å². The van der Waals surface area contributed by atoms with Gasteiger partial charge >= 0.3 is 0 Å². The zero-order valence-corrected chi connectivity index (χ0v) is 10.5. The van der Waals surface area contributed by atoms with Gasteiger partial charge in [-0.3, -0.25) is 4.90 Å². The number of hydrogen-bond donors (Lipinski definition) is 1. The van der Waals surface area contributed by atoms with Crippen molar-refractivity contribution in [3.63, 3.8) is 0 Å². The molecule has 2 aliphatic heterocycles. The van der Waals surface area contributed by atoms with Gasteiger partial charge in [0.2, 0.25) is 0 Å². The van der Waals surface area contributed by atoms with Crippen LogP contribution in [0.4, 0.5) is 5.69 Å². The van der Waals surface area contributed by atoms with Crippen LogP contribution >= 0.6 is 0 Å². The molecule has 1 aromatic carbocycles. The van der Waals surface area contributed by atoms with Crippen LogP contribution in [0.5, 0.6) is 0 Å². The van der Waals surface area contributed by atoms with Crippen LogP contribution in [0.15, 0.2) is 18.2 Å². The van der Waals surface area contributed by atoms with Crippen molar-refractivity contribution >= 4 is 5.69 Å². The van der Waals surface area contributed by atoms with Gasteiger partial charge in [-0.2, -0.15) is 0 Å². The molecule has 0 saturated carbocycles. The summed E-state index contributed by atoms with van der Waals surface area (Å²) in [4.78, 5) is 2.63. The fourth-order valence-corrected chi connectivity index (χ4v) is 3.08. The average molecular weight is 230 g/mol. The molecule has 0 bridgehead atoms. The van der Waals surface area contributed by atoms with Gasteiger partial charge in [-0.1, -0.05) is 31.0 Å². The number of fused-ring (bicyclic) bond motifs is 1. The Morgan fingerprint density at radius 3 is 2.71 bits per heavy atom. The Bertz CT molecular complexity index is 379. The zero-order chi connectivity index (χ0) is 11.5. The van der Waals surface area contributed by atoms with Crippen LogP contribution in [0.1, 0.15) is 36.8 Å². The van der Waals surface area contributed by atoms with Gasteiger partial charge in [0, 0.05) is 18.8 Å². The van der Waals surface area contributed by atoms with Crippen LogP contribution in [0.25, 0.3) is 0 Å². The van der Waals surface area contributed by atoms with Gasteiger partial charge in [-0.25, -0.2) is 0 Å². The SMILES string of the molecule is c1cc2c(c(CN3CCCCCC3)c1)NCC2. The van der Waals surface area contributed by atoms with E-state index >= 15 is 0 Å². The van der Waals surface area contributed by atoms with Crippen LogP contribution in [0.2, 0.25) is 0 Å². The van der Waals surface area contributed by atoms with Crippen molar-refractivity contribution in [2.24, 2.45) is 0 Å². The number of hydrogen-bond acceptors (Lipinski definition) is 2. The predicted octanol–water partition coefficient (Wildman–Crippen LogP) is 3.03. The molecule has 17 heavy (non-hydrogen) atoms. The minimum Gasteiger partial charge on any atom is -0.384 e. The third-order valence-electron chi connectivity index (χ3n) is 4.03. The highest BCUT2D eigenvalue weighted by atomic mass is 15.1. The Kier molecular flexibility index (Phi) is 3.32. The van der Waals surface area contributed by atoms with Crippen molar-refractivity contribution in [3.05, 3.63) is 29.3 Å². The highest BCUT2D eigenvalue weighted by molar-refractivity contribution is 5.61. The van der Waals surface area contributed by atoms with Gasteiger partial charge < -0.3 is 5.32 Å². The van der Waals surface area contributed by atoms with Crippen LogP contribution in [0, 0.1) is 0 Å². The minimum atomic E-state index is 1.12. The second-order valence-electron chi connectivity index (χ2n) is 5.32. The molecule has 0 aromatic heterocycles. The van der Waals surface area contributed by atoms with E-state index in [1.54, 1.807) is 0 Å². The summed E-state index contributed by atoms with van der Waals surface area (Å²) >= 11 is 0. The van der Waals surface area contributed by atoms with Crippen molar-refractivity contribution in [3.8, 4) is 0 Å². The van der Waals surface area contributed by atoms with E-state index in [1.807, 2.05) is 0 Å². The average Bonchev–Trinajstić information content (AvgIpc) is 2.69. The molecule has 1 saturated heterocycles. The Labute approximate surface area is 104 Å². The summed E-state index contributed by atoms with van der Waals surface area (Å²) in [5.41, 5.74) is 4.44. The predicted molar refractivity (Wildman–Crippen MR) is 72.4 cm³/mol. The summed E-state index contributed by atoms with van der Waals surface area (Å²) in [6.45, 7) is 4.82. The van der Waals surface area contributed by atoms with E-state index in [-0.39, 0.29) is 0 Å². The molecule has 0 radical (unpaired) electrons. The Morgan fingerprint density at radius 1 is 1.06 bits per heavy atom. The molecule has 1 N–H and O–H groups in total. The lowest BCUT2D eigenvalue weighted by atomic mass is 10.1. The van der Waals surface area contributed by atoms with Gasteiger partial charge in [-0.15, -0.1) is 0 Å². The maximum Gasteiger partial charge on any atom is 0.0419 e. The first-order valence-electron chi connectivity index (χ1n) is 7.00. The minimum absolute atomic E-state index is 1.12. The fourth-order valence-electron chi connectivity index (χ4n) is 3.08. The van der Waals surface area contributed by atoms with Gasteiger partial charge in [0.05, 0.1) is 0 Å². The first kappa shape index (κ1) is 11.1. The summed E-state index contributed by atoms with van der Waals surface area (Å²) in [5.74, 6) is 0. The van der Waals surface area contributed by atoms with Crippen LogP contribution in [0.3, 0.4) is 0 Å². The third kappa shape index (κ3) is 2.47. The van der Waals surface area contributed by atoms with E-state index in [4.69, 9.17) is 0 Å². The molecule has 0 atom stereocenters. The molecule has 2 nitrogen and oxygen atoms in total. The quantitative estimate of drug-likeness (QED) is 0.840. The van der Waals surface area contributed by atoms with Gasteiger partial charge in [0.15, 0.2) is 0 Å². The summed E-state index contributed by atoms with van der Waals surface area (Å²) in [5, 5.41) is 3.55. The van der Waals surface area contributed by atoms with E-state index in [0.29, 0.717) is 0 Å². The topological polar surface area (TPSA) is 15.3 Å². The second-order valence-corrected chi connectivity index (χ2v) is 5.32. The number of likely N-dealkylation sites (tertiary alicyclic amines) is 1. The maximum absolute atomic E-state index is 3.55. The maximum atomic E-state index is 3.55. The van der Waals surface area contributed by atoms with Gasteiger partial charge in [-0.05, 0) is 43.5 Å². The van der Waals surface area contributed by atoms with Crippen molar-refractivity contribution in [1.29, 1.82) is 0 Å². The van der Waals surface area contributed by atoms with E-state index in [2.05, 4.69) is 28.4 Å². The van der Waals surface area contributed by atoms with Crippen molar-refractivity contribution < 1.29 is 0 Å². The lowest BCUT2D eigenvalue weighted by Crippen LogP contribution is -2.24. The summed E-state index contributed by atoms with van der Waals surface area (Å²) in [6.07, 6.45) is 6.79. The molecule has 0 amide bonds. The van der Waals surface area contributed by atoms with Gasteiger partial charge in [0.1, 0.15) is 0 Å². The van der Waals surface area contributed by atoms with Crippen molar-refractivity contribution in [2.75, 3.05) is 25.0 Å². The molecule has 1 aromatic rings. The summed E-state index contributed by atoms with van der Waals surface area (Å²) in [7, 11) is 0. The van der Waals surface area contributed by atoms with E-state index in [9.17, 15) is 0 Å². The second kappa shape index (κ2) is 5.09. The molecule has 2 heteroatoms. The Balaban J connectivity index is 1.74. The fraction of sp³-hybridized carbons (Fsp3) is 0.600. The molecule has 0 unspecified atom stereocenters. The van der Waals surface area contributed by atoms with Crippen LogP contribution < -0.4 is 5.32 Å². The van der Waals surface area contributed by atoms with Crippen LogP contribution in [-0.2, 0) is 13.0 Å². The van der Waals surface area contributed by atoms with Crippen molar-refractivity contribution in [1.82, 2.24) is 4.90 Å². The molecule has 3 rings (SSSR count). The number of benzene rings is 1. The number of nitrogens with zero attached hydrogens (tertiary/aromatic N) is 1. The van der Waals surface area contributed by atoms with E-state index in [1.165, 1.54) is 62.0 Å². The third-order valence-corrected chi connectivity index (χ3v) is 4.03. The largest absolute Gasteiger partial charge is 0.384 e. The summed E-state index contributed by atoms with van der Waals surface area (Å²) < 4.78 is 0. The molecule has 0 spiro atoms. The monoisotopic (exact) mass is 230 g/mol. The molecular formula is C15H22N2. The highest BCUT2D eigenvalue weighted by Gasteiger charge is 2.16. The first-order valence-corrected chi connectivity index (χ1v) is 7.00. The normalized spacial score (nSPS) is 20.7. The smallest absolute Gasteiger partial charge is 0.0419 e. The van der Waals surface area contributed by atoms with E-state index in [0.717, 1.165) is 13.1 Å². The zero-order valence-electron chi connectivity index (χ0n) is 10.5. The highest BCUT2D eigenvalue weighted by Crippen LogP contribution is 2.27. The molecule has 2 heterocycles. The lowest BCUT2D eigenvalue weighted by molar-refractivity contribution is 0.277. The molecule has 2 aliphatic rings. The number of anilines is 1. The van der Waals surface area contributed by atoms with Crippen molar-refractivity contribution in [2.45, 2.75) is 38.6 Å². The molecule has 92 valence electrons. The standard InChI is InChI=1S/C15H22N2/c1-2-4-11-17(10-3-1)12-14-7-5-6-13-8-9-16-15(13)14/h5-7,16H,1-4,8-12H2. The lowest BCUT2D eigenvalue weighted by Gasteiger charge is -2.21. The molecule has 0 aliphatic carbocycles.